The smallest absolute Gasteiger partial charge is 0.178 e. The summed E-state index contributed by atoms with van der Waals surface area (Å²) in [5.41, 5.74) is 0.989. The van der Waals surface area contributed by atoms with Crippen molar-refractivity contribution in [1.29, 1.82) is 0 Å². The molecule has 0 spiro atoms. The standard InChI is InChI=1S/C17H27NO3S/c1-4-22(19,20)17-11-7-15(8-12-17)18-14-5-9-16(10-6-14)21-13(2)3/h7-8,11-14,16,18H,4-6,9-10H2,1-3H3. The number of benzene rings is 1. The molecule has 1 aliphatic rings. The van der Waals surface area contributed by atoms with Crippen molar-refractivity contribution in [3.8, 4) is 0 Å². The van der Waals surface area contributed by atoms with Gasteiger partial charge in [-0.05, 0) is 63.8 Å². The molecule has 0 aliphatic heterocycles. The lowest BCUT2D eigenvalue weighted by molar-refractivity contribution is -0.0133. The minimum Gasteiger partial charge on any atom is -0.382 e. The Morgan fingerprint density at radius 3 is 2.23 bits per heavy atom. The molecular formula is C17H27NO3S. The summed E-state index contributed by atoms with van der Waals surface area (Å²) in [6.45, 7) is 5.83. The van der Waals surface area contributed by atoms with E-state index in [4.69, 9.17) is 4.74 Å². The van der Waals surface area contributed by atoms with Crippen molar-refractivity contribution >= 4 is 15.5 Å². The average molecular weight is 325 g/mol. The quantitative estimate of drug-likeness (QED) is 0.868. The van der Waals surface area contributed by atoms with Crippen LogP contribution in [0.15, 0.2) is 29.2 Å². The highest BCUT2D eigenvalue weighted by Gasteiger charge is 2.22. The molecule has 0 heterocycles. The second-order valence-electron chi connectivity index (χ2n) is 6.23. The molecule has 1 saturated carbocycles. The van der Waals surface area contributed by atoms with Crippen molar-refractivity contribution in [2.24, 2.45) is 0 Å². The molecule has 124 valence electrons. The van der Waals surface area contributed by atoms with E-state index in [0.717, 1.165) is 31.4 Å². The first kappa shape index (κ1) is 17.3. The van der Waals surface area contributed by atoms with E-state index in [-0.39, 0.29) is 5.75 Å². The molecule has 4 nitrogen and oxygen atoms in total. The Balaban J connectivity index is 1.88. The molecule has 1 fully saturated rings. The van der Waals surface area contributed by atoms with Gasteiger partial charge in [0.25, 0.3) is 0 Å². The number of hydrogen-bond acceptors (Lipinski definition) is 4. The summed E-state index contributed by atoms with van der Waals surface area (Å²) in [4.78, 5) is 0.398. The fraction of sp³-hybridized carbons (Fsp3) is 0.647. The number of sulfone groups is 1. The number of nitrogens with one attached hydrogen (secondary N) is 1. The average Bonchev–Trinajstić information content (AvgIpc) is 2.49. The van der Waals surface area contributed by atoms with Crippen LogP contribution in [0, 0.1) is 0 Å². The number of ether oxygens (including phenoxy) is 1. The molecule has 5 heteroatoms. The Hall–Kier alpha value is -1.07. The van der Waals surface area contributed by atoms with Gasteiger partial charge in [0.1, 0.15) is 0 Å². The highest BCUT2D eigenvalue weighted by molar-refractivity contribution is 7.91. The maximum atomic E-state index is 11.8. The Morgan fingerprint density at radius 2 is 1.73 bits per heavy atom. The number of hydrogen-bond donors (Lipinski definition) is 1. The Morgan fingerprint density at radius 1 is 1.14 bits per heavy atom. The molecule has 0 saturated heterocycles. The lowest BCUT2D eigenvalue weighted by Crippen LogP contribution is -2.31. The van der Waals surface area contributed by atoms with Gasteiger partial charge in [0.05, 0.1) is 22.9 Å². The maximum Gasteiger partial charge on any atom is 0.178 e. The van der Waals surface area contributed by atoms with E-state index in [1.54, 1.807) is 19.1 Å². The molecular weight excluding hydrogens is 298 g/mol. The summed E-state index contributed by atoms with van der Waals surface area (Å²) in [6.07, 6.45) is 5.02. The first-order valence-electron chi connectivity index (χ1n) is 8.15. The van der Waals surface area contributed by atoms with E-state index in [1.807, 2.05) is 12.1 Å². The van der Waals surface area contributed by atoms with Crippen LogP contribution in [-0.2, 0) is 14.6 Å². The van der Waals surface area contributed by atoms with Crippen LogP contribution in [0.3, 0.4) is 0 Å². The summed E-state index contributed by atoms with van der Waals surface area (Å²) >= 11 is 0. The van der Waals surface area contributed by atoms with Crippen molar-refractivity contribution in [3.05, 3.63) is 24.3 Å². The molecule has 1 aromatic carbocycles. The highest BCUT2D eigenvalue weighted by atomic mass is 32.2. The highest BCUT2D eigenvalue weighted by Crippen LogP contribution is 2.25. The van der Waals surface area contributed by atoms with E-state index in [9.17, 15) is 8.42 Å². The summed E-state index contributed by atoms with van der Waals surface area (Å²) in [5.74, 6) is 0.139. The third-order valence-corrected chi connectivity index (χ3v) is 5.85. The molecule has 0 unspecified atom stereocenters. The van der Waals surface area contributed by atoms with Gasteiger partial charge in [-0.1, -0.05) is 6.92 Å². The van der Waals surface area contributed by atoms with Crippen LogP contribution >= 0.6 is 0 Å². The molecule has 0 amide bonds. The molecule has 1 N–H and O–H groups in total. The number of rotatable bonds is 6. The van der Waals surface area contributed by atoms with Crippen molar-refractivity contribution < 1.29 is 13.2 Å². The van der Waals surface area contributed by atoms with Gasteiger partial charge in [-0.3, -0.25) is 0 Å². The van der Waals surface area contributed by atoms with E-state index in [2.05, 4.69) is 19.2 Å². The van der Waals surface area contributed by atoms with Gasteiger partial charge < -0.3 is 10.1 Å². The molecule has 0 bridgehead atoms. The maximum absolute atomic E-state index is 11.8. The molecule has 0 radical (unpaired) electrons. The van der Waals surface area contributed by atoms with Gasteiger partial charge in [-0.15, -0.1) is 0 Å². The van der Waals surface area contributed by atoms with Gasteiger partial charge in [-0.25, -0.2) is 8.42 Å². The summed E-state index contributed by atoms with van der Waals surface area (Å²) in [5, 5.41) is 3.50. The predicted octanol–water partition coefficient (Wildman–Crippen LogP) is 3.63. The minimum atomic E-state index is -3.11. The monoisotopic (exact) mass is 325 g/mol. The normalized spacial score (nSPS) is 22.7. The first-order chi connectivity index (χ1) is 10.4. The molecule has 1 aromatic rings. The Kier molecular flexibility index (Phi) is 5.87. The molecule has 0 atom stereocenters. The van der Waals surface area contributed by atoms with Crippen LogP contribution in [0.4, 0.5) is 5.69 Å². The third-order valence-electron chi connectivity index (χ3n) is 4.10. The SMILES string of the molecule is CCS(=O)(=O)c1ccc(NC2CCC(OC(C)C)CC2)cc1. The second-order valence-corrected chi connectivity index (χ2v) is 8.51. The first-order valence-corrected chi connectivity index (χ1v) is 9.80. The fourth-order valence-electron chi connectivity index (χ4n) is 2.89. The molecule has 2 rings (SSSR count). The molecule has 1 aliphatic carbocycles. The van der Waals surface area contributed by atoms with Crippen molar-refractivity contribution in [1.82, 2.24) is 0 Å². The van der Waals surface area contributed by atoms with Crippen LogP contribution in [0.25, 0.3) is 0 Å². The fourth-order valence-corrected chi connectivity index (χ4v) is 3.77. The Bertz CT molecular complexity index is 558. The summed E-state index contributed by atoms with van der Waals surface area (Å²) in [7, 11) is -3.11. The van der Waals surface area contributed by atoms with Crippen LogP contribution < -0.4 is 5.32 Å². The van der Waals surface area contributed by atoms with Crippen molar-refractivity contribution in [2.45, 2.75) is 69.6 Å². The van der Waals surface area contributed by atoms with Crippen LogP contribution in [-0.4, -0.2) is 32.4 Å². The van der Waals surface area contributed by atoms with Gasteiger partial charge in [0, 0.05) is 11.7 Å². The summed E-state index contributed by atoms with van der Waals surface area (Å²) < 4.78 is 29.4. The lowest BCUT2D eigenvalue weighted by Gasteiger charge is -2.30. The van der Waals surface area contributed by atoms with Gasteiger partial charge in [0.15, 0.2) is 9.84 Å². The van der Waals surface area contributed by atoms with Crippen LogP contribution in [0.5, 0.6) is 0 Å². The third kappa shape index (κ3) is 4.71. The van der Waals surface area contributed by atoms with E-state index >= 15 is 0 Å². The molecule has 22 heavy (non-hydrogen) atoms. The Labute approximate surface area is 134 Å². The van der Waals surface area contributed by atoms with Crippen molar-refractivity contribution in [2.75, 3.05) is 11.1 Å². The zero-order valence-electron chi connectivity index (χ0n) is 13.7. The molecule has 0 aromatic heterocycles. The minimum absolute atomic E-state index is 0.139. The zero-order valence-corrected chi connectivity index (χ0v) is 14.5. The van der Waals surface area contributed by atoms with Gasteiger partial charge in [0.2, 0.25) is 0 Å². The van der Waals surface area contributed by atoms with E-state index < -0.39 is 9.84 Å². The van der Waals surface area contributed by atoms with Crippen LogP contribution in [0.1, 0.15) is 46.5 Å². The predicted molar refractivity (Wildman–Crippen MR) is 90.1 cm³/mol. The largest absolute Gasteiger partial charge is 0.382 e. The number of anilines is 1. The second kappa shape index (κ2) is 7.47. The lowest BCUT2D eigenvalue weighted by atomic mass is 9.92. The van der Waals surface area contributed by atoms with Crippen molar-refractivity contribution in [3.63, 3.8) is 0 Å². The van der Waals surface area contributed by atoms with Gasteiger partial charge >= 0.3 is 0 Å². The van der Waals surface area contributed by atoms with Crippen LogP contribution in [0.2, 0.25) is 0 Å². The van der Waals surface area contributed by atoms with Gasteiger partial charge in [-0.2, -0.15) is 0 Å². The zero-order chi connectivity index (χ0) is 16.2. The summed E-state index contributed by atoms with van der Waals surface area (Å²) in [6, 6.07) is 7.54. The van der Waals surface area contributed by atoms with E-state index in [0.29, 0.717) is 23.1 Å². The van der Waals surface area contributed by atoms with E-state index in [1.165, 1.54) is 0 Å². The topological polar surface area (TPSA) is 55.4 Å².